The molecule has 3 aromatic heterocycles. The number of hydrogen-bond acceptors (Lipinski definition) is 6. The summed E-state index contributed by atoms with van der Waals surface area (Å²) in [6, 6.07) is 19.5. The maximum absolute atomic E-state index is 9.72. The zero-order chi connectivity index (χ0) is 20.5. The van der Waals surface area contributed by atoms with Gasteiger partial charge in [-0.25, -0.2) is 4.98 Å². The number of hydrogen-bond donors (Lipinski definition) is 0. The number of allylic oxidation sites excluding steroid dienone is 1. The summed E-state index contributed by atoms with van der Waals surface area (Å²) in [5, 5.41) is 20.1. The number of rotatable bonds is 4. The van der Waals surface area contributed by atoms with Gasteiger partial charge < -0.3 is 4.52 Å². The van der Waals surface area contributed by atoms with Crippen LogP contribution < -0.4 is 0 Å². The number of thiazole rings is 1. The lowest BCUT2D eigenvalue weighted by Gasteiger charge is -1.99. The SMILES string of the molecule is N#C/C(=C\c1ccc2noc(-c3ccc(Cl)cc3)c2c1)c1nc(-c2cccs2)cs1. The van der Waals surface area contributed by atoms with Gasteiger partial charge in [0.1, 0.15) is 16.6 Å². The van der Waals surface area contributed by atoms with Gasteiger partial charge in [-0.3, -0.25) is 0 Å². The molecule has 0 fully saturated rings. The third-order valence-corrected chi connectivity index (χ3v) is 6.57. The van der Waals surface area contributed by atoms with Crippen LogP contribution in [0.2, 0.25) is 5.02 Å². The maximum atomic E-state index is 9.72. The van der Waals surface area contributed by atoms with E-state index in [0.717, 1.165) is 32.6 Å². The van der Waals surface area contributed by atoms with Crippen molar-refractivity contribution < 1.29 is 4.52 Å². The Hall–Kier alpha value is -3.24. The summed E-state index contributed by atoms with van der Waals surface area (Å²) in [6.07, 6.45) is 1.84. The molecule has 30 heavy (non-hydrogen) atoms. The normalized spacial score (nSPS) is 11.7. The van der Waals surface area contributed by atoms with Crippen molar-refractivity contribution >= 4 is 56.8 Å². The monoisotopic (exact) mass is 445 g/mol. The minimum absolute atomic E-state index is 0.520. The summed E-state index contributed by atoms with van der Waals surface area (Å²) < 4.78 is 5.57. The number of nitriles is 1. The average Bonchev–Trinajstić information content (AvgIpc) is 3.52. The highest BCUT2D eigenvalue weighted by Crippen LogP contribution is 2.32. The van der Waals surface area contributed by atoms with Gasteiger partial charge in [-0.1, -0.05) is 28.9 Å². The van der Waals surface area contributed by atoms with Crippen LogP contribution in [0.15, 0.2) is 69.9 Å². The van der Waals surface area contributed by atoms with Crippen molar-refractivity contribution in [3.63, 3.8) is 0 Å². The molecule has 0 aliphatic carbocycles. The van der Waals surface area contributed by atoms with Gasteiger partial charge in [-0.05, 0) is 59.5 Å². The molecule has 0 saturated heterocycles. The van der Waals surface area contributed by atoms with Gasteiger partial charge in [0.05, 0.1) is 21.5 Å². The molecule has 0 saturated carbocycles. The predicted octanol–water partition coefficient (Wildman–Crippen LogP) is 7.40. The van der Waals surface area contributed by atoms with Crippen molar-refractivity contribution in [2.75, 3.05) is 0 Å². The molecule has 7 heteroatoms. The van der Waals surface area contributed by atoms with Gasteiger partial charge >= 0.3 is 0 Å². The van der Waals surface area contributed by atoms with Crippen LogP contribution >= 0.6 is 34.3 Å². The van der Waals surface area contributed by atoms with Crippen LogP contribution in [0, 0.1) is 11.3 Å². The first-order valence-corrected chi connectivity index (χ1v) is 11.1. The molecule has 0 bridgehead atoms. The third-order valence-electron chi connectivity index (χ3n) is 4.55. The zero-order valence-electron chi connectivity index (χ0n) is 15.4. The Balaban J connectivity index is 1.54. The zero-order valence-corrected chi connectivity index (χ0v) is 17.8. The summed E-state index contributed by atoms with van der Waals surface area (Å²) in [4.78, 5) is 5.73. The first-order valence-electron chi connectivity index (χ1n) is 8.98. The molecular weight excluding hydrogens is 434 g/mol. The lowest BCUT2D eigenvalue weighted by Crippen LogP contribution is -1.82. The van der Waals surface area contributed by atoms with E-state index in [-0.39, 0.29) is 0 Å². The second kappa shape index (κ2) is 7.88. The Morgan fingerprint density at radius 1 is 1.10 bits per heavy atom. The fraction of sp³-hybridized carbons (Fsp3) is 0. The summed E-state index contributed by atoms with van der Waals surface area (Å²) in [5.74, 6) is 0.671. The number of thiophene rings is 1. The van der Waals surface area contributed by atoms with Crippen LogP contribution in [-0.2, 0) is 0 Å². The molecule has 0 radical (unpaired) electrons. The molecule has 0 N–H and O–H groups in total. The van der Waals surface area contributed by atoms with Gasteiger partial charge in [0, 0.05) is 16.0 Å². The first-order chi connectivity index (χ1) is 14.7. The highest BCUT2D eigenvalue weighted by Gasteiger charge is 2.13. The van der Waals surface area contributed by atoms with Crippen molar-refractivity contribution in [1.29, 1.82) is 5.26 Å². The molecule has 3 heterocycles. The highest BCUT2D eigenvalue weighted by atomic mass is 35.5. The molecule has 2 aromatic carbocycles. The molecule has 144 valence electrons. The number of halogens is 1. The van der Waals surface area contributed by atoms with Gasteiger partial charge in [0.25, 0.3) is 0 Å². The fourth-order valence-electron chi connectivity index (χ4n) is 3.10. The first kappa shape index (κ1) is 18.8. The van der Waals surface area contributed by atoms with E-state index in [0.29, 0.717) is 21.4 Å². The van der Waals surface area contributed by atoms with E-state index in [9.17, 15) is 5.26 Å². The van der Waals surface area contributed by atoms with Gasteiger partial charge in [0.2, 0.25) is 0 Å². The molecule has 0 aliphatic heterocycles. The second-order valence-electron chi connectivity index (χ2n) is 6.48. The quantitative estimate of drug-likeness (QED) is 0.270. The Bertz CT molecular complexity index is 1410. The van der Waals surface area contributed by atoms with Crippen molar-refractivity contribution in [3.8, 4) is 28.0 Å². The lowest BCUT2D eigenvalue weighted by atomic mass is 10.0. The van der Waals surface area contributed by atoms with Gasteiger partial charge in [0.15, 0.2) is 5.76 Å². The topological polar surface area (TPSA) is 62.7 Å². The average molecular weight is 446 g/mol. The number of benzene rings is 2. The summed E-state index contributed by atoms with van der Waals surface area (Å²) in [6.45, 7) is 0. The minimum atomic E-state index is 0.520. The highest BCUT2D eigenvalue weighted by molar-refractivity contribution is 7.14. The maximum Gasteiger partial charge on any atom is 0.174 e. The molecule has 5 rings (SSSR count). The van der Waals surface area contributed by atoms with E-state index >= 15 is 0 Å². The largest absolute Gasteiger partial charge is 0.355 e. The van der Waals surface area contributed by atoms with Crippen LogP contribution in [0.3, 0.4) is 0 Å². The smallest absolute Gasteiger partial charge is 0.174 e. The van der Waals surface area contributed by atoms with E-state index in [1.165, 1.54) is 11.3 Å². The van der Waals surface area contributed by atoms with Crippen LogP contribution in [0.5, 0.6) is 0 Å². The number of aromatic nitrogens is 2. The van der Waals surface area contributed by atoms with Crippen molar-refractivity contribution in [2.45, 2.75) is 0 Å². The molecule has 0 spiro atoms. The third kappa shape index (κ3) is 3.55. The Labute approximate surface area is 185 Å². The van der Waals surface area contributed by atoms with Gasteiger partial charge in [-0.15, -0.1) is 22.7 Å². The van der Waals surface area contributed by atoms with Crippen LogP contribution in [0.25, 0.3) is 44.4 Å². The van der Waals surface area contributed by atoms with Crippen LogP contribution in [0.4, 0.5) is 0 Å². The molecular formula is C23H12ClN3OS2. The number of nitrogens with zero attached hydrogens (tertiary/aromatic N) is 3. The Morgan fingerprint density at radius 2 is 1.97 bits per heavy atom. The predicted molar refractivity (Wildman–Crippen MR) is 123 cm³/mol. The minimum Gasteiger partial charge on any atom is -0.355 e. The lowest BCUT2D eigenvalue weighted by molar-refractivity contribution is 0.441. The molecule has 4 nitrogen and oxygen atoms in total. The van der Waals surface area contributed by atoms with Crippen LogP contribution in [-0.4, -0.2) is 10.1 Å². The summed E-state index contributed by atoms with van der Waals surface area (Å²) in [5.41, 5.74) is 3.94. The summed E-state index contributed by atoms with van der Waals surface area (Å²) in [7, 11) is 0. The molecule has 0 aliphatic rings. The molecule has 0 amide bonds. The second-order valence-corrected chi connectivity index (χ2v) is 8.72. The van der Waals surface area contributed by atoms with Crippen molar-refractivity contribution in [3.05, 3.63) is 81.0 Å². The van der Waals surface area contributed by atoms with E-state index in [1.54, 1.807) is 11.3 Å². The molecule has 0 atom stereocenters. The Kier molecular flexibility index (Phi) is 4.93. The van der Waals surface area contributed by atoms with E-state index in [2.05, 4.69) is 16.2 Å². The summed E-state index contributed by atoms with van der Waals surface area (Å²) >= 11 is 9.09. The van der Waals surface area contributed by atoms with Crippen LogP contribution in [0.1, 0.15) is 10.6 Å². The van der Waals surface area contributed by atoms with Gasteiger partial charge in [-0.2, -0.15) is 5.26 Å². The number of fused-ring (bicyclic) bond motifs is 1. The molecule has 5 aromatic rings. The van der Waals surface area contributed by atoms with Crippen molar-refractivity contribution in [1.82, 2.24) is 10.1 Å². The van der Waals surface area contributed by atoms with Crippen molar-refractivity contribution in [2.24, 2.45) is 0 Å². The van der Waals surface area contributed by atoms with E-state index in [1.807, 2.05) is 71.4 Å². The van der Waals surface area contributed by atoms with E-state index < -0.39 is 0 Å². The standard InChI is InChI=1S/C23H12ClN3OS2/c24-17-6-4-15(5-7-17)22-18-11-14(3-8-19(18)27-28-22)10-16(12-25)23-26-20(13-30-23)21-2-1-9-29-21/h1-11,13H/b16-10+. The fourth-order valence-corrected chi connectivity index (χ4v) is 4.77. The van der Waals surface area contributed by atoms with E-state index in [4.69, 9.17) is 16.1 Å². The molecule has 0 unspecified atom stereocenters. The Morgan fingerprint density at radius 3 is 2.73 bits per heavy atom.